The normalized spacial score (nSPS) is 24.2. The highest BCUT2D eigenvalue weighted by atomic mass is 19.4. The predicted molar refractivity (Wildman–Crippen MR) is 122 cm³/mol. The van der Waals surface area contributed by atoms with Crippen molar-refractivity contribution in [3.8, 4) is 0 Å². The van der Waals surface area contributed by atoms with E-state index in [1.54, 1.807) is 11.0 Å². The van der Waals surface area contributed by atoms with Crippen LogP contribution < -0.4 is 0 Å². The third-order valence-electron chi connectivity index (χ3n) is 7.64. The quantitative estimate of drug-likeness (QED) is 0.642. The number of halogens is 3. The number of carbonyl (C=O) groups is 2. The lowest BCUT2D eigenvalue weighted by atomic mass is 9.84. The Bertz CT molecular complexity index is 1140. The Morgan fingerprint density at radius 1 is 1.11 bits per heavy atom. The Kier molecular flexibility index (Phi) is 6.42. The minimum atomic E-state index is -4.53. The van der Waals surface area contributed by atoms with E-state index in [1.807, 2.05) is 4.90 Å². The van der Waals surface area contributed by atoms with Gasteiger partial charge in [0, 0.05) is 71.9 Å². The first-order chi connectivity index (χ1) is 17.0. The molecule has 2 aromatic rings. The van der Waals surface area contributed by atoms with E-state index in [2.05, 4.69) is 5.10 Å². The molecule has 3 fully saturated rings. The summed E-state index contributed by atoms with van der Waals surface area (Å²) in [6.07, 6.45) is -2.53. The SMILES string of the molecule is CC(=O)c1ccn(C(=O)N2CC3CN(Cc4ccc(C5(O)CCOCC5)cc4C(F)(F)F)CC3C2)n1. The second-order valence-corrected chi connectivity index (χ2v) is 10.1. The van der Waals surface area contributed by atoms with Gasteiger partial charge in [-0.3, -0.25) is 9.69 Å². The van der Waals surface area contributed by atoms with E-state index in [-0.39, 0.29) is 59.9 Å². The zero-order valence-electron chi connectivity index (χ0n) is 20.0. The molecule has 3 saturated heterocycles. The zero-order chi connectivity index (χ0) is 25.7. The van der Waals surface area contributed by atoms with Crippen molar-refractivity contribution in [3.05, 3.63) is 52.8 Å². The molecule has 3 aliphatic rings. The van der Waals surface area contributed by atoms with Gasteiger partial charge >= 0.3 is 12.2 Å². The molecule has 0 aliphatic carbocycles. The van der Waals surface area contributed by atoms with Crippen LogP contribution in [0.4, 0.5) is 18.0 Å². The van der Waals surface area contributed by atoms with Crippen LogP contribution in [0.25, 0.3) is 0 Å². The fraction of sp³-hybridized carbons (Fsp3) is 0.560. The molecule has 11 heteroatoms. The Morgan fingerprint density at radius 3 is 2.36 bits per heavy atom. The number of hydrogen-bond acceptors (Lipinski definition) is 6. The number of aromatic nitrogens is 2. The molecule has 0 radical (unpaired) electrons. The molecule has 5 rings (SSSR count). The number of ketones is 1. The molecule has 8 nitrogen and oxygen atoms in total. The number of ether oxygens (including phenoxy) is 1. The van der Waals surface area contributed by atoms with E-state index in [4.69, 9.17) is 4.74 Å². The summed E-state index contributed by atoms with van der Waals surface area (Å²) in [4.78, 5) is 27.9. The van der Waals surface area contributed by atoms with Crippen LogP contribution in [0.2, 0.25) is 0 Å². The predicted octanol–water partition coefficient (Wildman–Crippen LogP) is 3.13. The van der Waals surface area contributed by atoms with Crippen LogP contribution in [0.15, 0.2) is 30.5 Å². The lowest BCUT2D eigenvalue weighted by Gasteiger charge is -2.33. The van der Waals surface area contributed by atoms with Crippen molar-refractivity contribution in [3.63, 3.8) is 0 Å². The third kappa shape index (κ3) is 4.79. The monoisotopic (exact) mass is 506 g/mol. The molecule has 194 valence electrons. The van der Waals surface area contributed by atoms with Gasteiger partial charge in [0.2, 0.25) is 0 Å². The molecule has 36 heavy (non-hydrogen) atoms. The van der Waals surface area contributed by atoms with Gasteiger partial charge in [0.05, 0.1) is 11.2 Å². The number of hydrogen-bond donors (Lipinski definition) is 1. The summed E-state index contributed by atoms with van der Waals surface area (Å²) in [7, 11) is 0. The Labute approximate surface area is 206 Å². The van der Waals surface area contributed by atoms with E-state index in [9.17, 15) is 27.9 Å². The summed E-state index contributed by atoms with van der Waals surface area (Å²) in [6.45, 7) is 4.33. The van der Waals surface area contributed by atoms with Gasteiger partial charge < -0.3 is 14.7 Å². The van der Waals surface area contributed by atoms with Gasteiger partial charge in [-0.05, 0) is 35.1 Å². The lowest BCUT2D eigenvalue weighted by molar-refractivity contribution is -0.138. The second kappa shape index (κ2) is 9.28. The molecule has 2 atom stereocenters. The maximum atomic E-state index is 14.0. The first kappa shape index (κ1) is 24.9. The maximum Gasteiger partial charge on any atom is 0.416 e. The number of rotatable bonds is 4. The van der Waals surface area contributed by atoms with E-state index >= 15 is 0 Å². The van der Waals surface area contributed by atoms with Crippen molar-refractivity contribution >= 4 is 11.8 Å². The van der Waals surface area contributed by atoms with Gasteiger partial charge in [0.1, 0.15) is 5.69 Å². The van der Waals surface area contributed by atoms with E-state index < -0.39 is 17.3 Å². The molecule has 1 N–H and O–H groups in total. The number of fused-ring (bicyclic) bond motifs is 1. The number of benzene rings is 1. The molecule has 1 aromatic carbocycles. The molecule has 2 unspecified atom stereocenters. The van der Waals surface area contributed by atoms with Crippen LogP contribution in [0, 0.1) is 11.8 Å². The average molecular weight is 507 g/mol. The number of alkyl halides is 3. The van der Waals surface area contributed by atoms with Crippen LogP contribution >= 0.6 is 0 Å². The Balaban J connectivity index is 1.25. The minimum Gasteiger partial charge on any atom is -0.385 e. The summed E-state index contributed by atoms with van der Waals surface area (Å²) in [6, 6.07) is 5.39. The molecule has 4 heterocycles. The van der Waals surface area contributed by atoms with E-state index in [0.717, 1.165) is 6.07 Å². The molecule has 1 aromatic heterocycles. The number of Topliss-reactive ketones (excluding diaryl/α,β-unsaturated/α-hetero) is 1. The zero-order valence-corrected chi connectivity index (χ0v) is 20.0. The van der Waals surface area contributed by atoms with Crippen molar-refractivity contribution in [1.82, 2.24) is 19.6 Å². The third-order valence-corrected chi connectivity index (χ3v) is 7.64. The minimum absolute atomic E-state index is 0.152. The van der Waals surface area contributed by atoms with Crippen molar-refractivity contribution in [2.45, 2.75) is 38.1 Å². The molecule has 0 saturated carbocycles. The highest BCUT2D eigenvalue weighted by Gasteiger charge is 2.43. The molecule has 0 bridgehead atoms. The lowest BCUT2D eigenvalue weighted by Crippen LogP contribution is -2.36. The highest BCUT2D eigenvalue weighted by Crippen LogP contribution is 2.39. The Hall–Kier alpha value is -2.76. The second-order valence-electron chi connectivity index (χ2n) is 10.1. The summed E-state index contributed by atoms with van der Waals surface area (Å²) in [5.74, 6) is 0.102. The van der Waals surface area contributed by atoms with Gasteiger partial charge in [0.15, 0.2) is 5.78 Å². The molecule has 3 aliphatic heterocycles. The van der Waals surface area contributed by atoms with Gasteiger partial charge in [-0.1, -0.05) is 12.1 Å². The summed E-state index contributed by atoms with van der Waals surface area (Å²) in [5, 5.41) is 14.9. The van der Waals surface area contributed by atoms with Crippen LogP contribution in [0.1, 0.15) is 46.9 Å². The van der Waals surface area contributed by atoms with Gasteiger partial charge in [-0.15, -0.1) is 0 Å². The first-order valence-corrected chi connectivity index (χ1v) is 12.1. The van der Waals surface area contributed by atoms with Gasteiger partial charge in [0.25, 0.3) is 0 Å². The summed E-state index contributed by atoms with van der Waals surface area (Å²) in [5.41, 5.74) is -1.33. The standard InChI is InChI=1S/C25H29F3N4O4/c1-16(33)22-4-7-32(29-22)23(34)31-14-18-12-30(13-19(18)15-31)11-17-2-3-20(10-21(17)25(26,27)28)24(35)5-8-36-9-6-24/h2-4,7,10,18-19,35H,5-6,8-9,11-15H2,1H3. The highest BCUT2D eigenvalue weighted by molar-refractivity contribution is 5.92. The topological polar surface area (TPSA) is 87.9 Å². The maximum absolute atomic E-state index is 14.0. The van der Waals surface area contributed by atoms with Crippen molar-refractivity contribution in [2.24, 2.45) is 11.8 Å². The summed E-state index contributed by atoms with van der Waals surface area (Å²) >= 11 is 0. The average Bonchev–Trinajstić information content (AvgIpc) is 3.54. The Morgan fingerprint density at radius 2 is 1.78 bits per heavy atom. The fourth-order valence-electron chi connectivity index (χ4n) is 5.65. The van der Waals surface area contributed by atoms with Crippen LogP contribution in [-0.2, 0) is 23.1 Å². The molecular formula is C25H29F3N4O4. The van der Waals surface area contributed by atoms with Crippen molar-refractivity contribution in [1.29, 1.82) is 0 Å². The van der Waals surface area contributed by atoms with Gasteiger partial charge in [-0.2, -0.15) is 23.0 Å². The smallest absolute Gasteiger partial charge is 0.385 e. The van der Waals surface area contributed by atoms with Crippen LogP contribution in [0.5, 0.6) is 0 Å². The van der Waals surface area contributed by atoms with Crippen LogP contribution in [-0.4, -0.2) is 75.9 Å². The molecule has 1 amide bonds. The number of amides is 1. The van der Waals surface area contributed by atoms with Crippen molar-refractivity contribution < 1.29 is 32.6 Å². The van der Waals surface area contributed by atoms with E-state index in [1.165, 1.54) is 29.9 Å². The van der Waals surface area contributed by atoms with Gasteiger partial charge in [-0.25, -0.2) is 4.79 Å². The fourth-order valence-corrected chi connectivity index (χ4v) is 5.65. The summed E-state index contributed by atoms with van der Waals surface area (Å²) < 4.78 is 48.4. The number of nitrogens with zero attached hydrogens (tertiary/aromatic N) is 4. The molecular weight excluding hydrogens is 477 g/mol. The first-order valence-electron chi connectivity index (χ1n) is 12.1. The number of aliphatic hydroxyl groups is 1. The van der Waals surface area contributed by atoms with E-state index in [0.29, 0.717) is 39.4 Å². The van der Waals surface area contributed by atoms with Crippen molar-refractivity contribution in [2.75, 3.05) is 39.4 Å². The molecule has 0 spiro atoms. The van der Waals surface area contributed by atoms with Crippen LogP contribution in [0.3, 0.4) is 0 Å². The largest absolute Gasteiger partial charge is 0.416 e. The number of carbonyl (C=O) groups excluding carboxylic acids is 2. The number of likely N-dealkylation sites (tertiary alicyclic amines) is 2.